The average Bonchev–Trinajstić information content (AvgIpc) is 3.39. The Bertz CT molecular complexity index is 819. The lowest BCUT2D eigenvalue weighted by Gasteiger charge is -2.32. The van der Waals surface area contributed by atoms with Gasteiger partial charge in [-0.2, -0.15) is 35.3 Å². The summed E-state index contributed by atoms with van der Waals surface area (Å²) in [5.41, 5.74) is 0.397. The Kier molecular flexibility index (Phi) is 5.11. The summed E-state index contributed by atoms with van der Waals surface area (Å²) in [4.78, 5) is 0. The Morgan fingerprint density at radius 1 is 1.21 bits per heavy atom. The van der Waals surface area contributed by atoms with E-state index in [-0.39, 0.29) is 12.5 Å². The molecular weight excluding hydrogens is 395 g/mol. The highest BCUT2D eigenvalue weighted by Gasteiger charge is 2.47. The van der Waals surface area contributed by atoms with Gasteiger partial charge in [0.2, 0.25) is 0 Å². The van der Waals surface area contributed by atoms with Crippen molar-refractivity contribution in [1.82, 2.24) is 18.4 Å². The number of aromatic nitrogens is 2. The maximum Gasteiger partial charge on any atom is 0.410 e. The molecule has 0 spiro atoms. The lowest BCUT2D eigenvalue weighted by Crippen LogP contribution is -2.42. The number of anilines is 1. The Labute approximate surface area is 163 Å². The van der Waals surface area contributed by atoms with Crippen LogP contribution in [-0.2, 0) is 10.2 Å². The molecule has 2 fully saturated rings. The molecule has 1 N–H and O–H groups in total. The molecule has 4 rings (SSSR count). The van der Waals surface area contributed by atoms with Gasteiger partial charge in [-0.05, 0) is 38.5 Å². The average molecular weight is 421 g/mol. The van der Waals surface area contributed by atoms with E-state index in [2.05, 4.69) is 10.4 Å². The van der Waals surface area contributed by atoms with Crippen LogP contribution in [0.2, 0.25) is 0 Å². The van der Waals surface area contributed by atoms with Gasteiger partial charge < -0.3 is 5.32 Å². The molecule has 0 saturated carbocycles. The Balaban J connectivity index is 1.66. The highest BCUT2D eigenvalue weighted by atomic mass is 32.2. The molecule has 1 aromatic rings. The predicted molar refractivity (Wildman–Crippen MR) is 98.0 cm³/mol. The summed E-state index contributed by atoms with van der Waals surface area (Å²) in [6, 6.07) is -0.882. The number of hydrogen-bond acceptors (Lipinski definition) is 4. The second-order valence-corrected chi connectivity index (χ2v) is 9.71. The minimum absolute atomic E-state index is 0.0748. The van der Waals surface area contributed by atoms with Crippen LogP contribution in [0.4, 0.5) is 19.0 Å². The Morgan fingerprint density at radius 2 is 1.93 bits per heavy atom. The van der Waals surface area contributed by atoms with Gasteiger partial charge in [0.15, 0.2) is 6.04 Å². The number of alkyl halides is 3. The summed E-state index contributed by atoms with van der Waals surface area (Å²) in [6.45, 7) is 3.22. The van der Waals surface area contributed by atoms with Crippen molar-refractivity contribution in [2.75, 3.05) is 25.0 Å². The highest BCUT2D eigenvalue weighted by molar-refractivity contribution is 7.86. The number of hydrogen-bond donors (Lipinski definition) is 1. The summed E-state index contributed by atoms with van der Waals surface area (Å²) in [5.74, 6) is 0.320. The fourth-order valence-electron chi connectivity index (χ4n) is 4.48. The third-order valence-electron chi connectivity index (χ3n) is 6.01. The third kappa shape index (κ3) is 3.41. The SMILES string of the molecule is CC[C@@H]1C[C@@H](C(F)(F)F)n2nc([C@H]3CCCN3S(=O)(=O)N3CCCC3)cc2N1. The minimum Gasteiger partial charge on any atom is -0.367 e. The van der Waals surface area contributed by atoms with Gasteiger partial charge in [-0.15, -0.1) is 0 Å². The van der Waals surface area contributed by atoms with Gasteiger partial charge >= 0.3 is 6.18 Å². The molecule has 2 saturated heterocycles. The van der Waals surface area contributed by atoms with Gasteiger partial charge in [0.05, 0.1) is 11.7 Å². The second kappa shape index (κ2) is 7.17. The summed E-state index contributed by atoms with van der Waals surface area (Å²) in [5, 5.41) is 7.37. The summed E-state index contributed by atoms with van der Waals surface area (Å²) in [7, 11) is -3.62. The van der Waals surface area contributed by atoms with E-state index < -0.39 is 28.5 Å². The summed E-state index contributed by atoms with van der Waals surface area (Å²) >= 11 is 0. The molecule has 0 radical (unpaired) electrons. The van der Waals surface area contributed by atoms with Gasteiger partial charge in [0, 0.05) is 31.7 Å². The first kappa shape index (κ1) is 20.0. The van der Waals surface area contributed by atoms with Crippen molar-refractivity contribution < 1.29 is 21.6 Å². The number of rotatable bonds is 4. The van der Waals surface area contributed by atoms with E-state index in [1.165, 1.54) is 8.61 Å². The van der Waals surface area contributed by atoms with Crippen LogP contribution in [0.25, 0.3) is 0 Å². The molecule has 0 aromatic carbocycles. The fourth-order valence-corrected chi connectivity index (χ4v) is 6.39. The molecular formula is C17H26F3N5O2S. The molecule has 11 heteroatoms. The van der Waals surface area contributed by atoms with Gasteiger partial charge in [-0.3, -0.25) is 0 Å². The van der Waals surface area contributed by atoms with E-state index in [1.807, 2.05) is 6.92 Å². The van der Waals surface area contributed by atoms with Crippen molar-refractivity contribution in [1.29, 1.82) is 0 Å². The van der Waals surface area contributed by atoms with Crippen molar-refractivity contribution in [3.63, 3.8) is 0 Å². The van der Waals surface area contributed by atoms with E-state index >= 15 is 0 Å². The third-order valence-corrected chi connectivity index (χ3v) is 8.06. The zero-order valence-electron chi connectivity index (χ0n) is 15.8. The summed E-state index contributed by atoms with van der Waals surface area (Å²) < 4.78 is 70.7. The maximum atomic E-state index is 13.6. The molecule has 4 heterocycles. The lowest BCUT2D eigenvalue weighted by atomic mass is 10.0. The topological polar surface area (TPSA) is 70.5 Å². The number of fused-ring (bicyclic) bond motifs is 1. The zero-order valence-corrected chi connectivity index (χ0v) is 16.6. The molecule has 0 amide bonds. The molecule has 3 aliphatic rings. The van der Waals surface area contributed by atoms with E-state index in [0.717, 1.165) is 17.5 Å². The Morgan fingerprint density at radius 3 is 2.57 bits per heavy atom. The maximum absolute atomic E-state index is 13.6. The highest BCUT2D eigenvalue weighted by Crippen LogP contribution is 2.42. The van der Waals surface area contributed by atoms with Gasteiger partial charge in [-0.25, -0.2) is 4.68 Å². The van der Waals surface area contributed by atoms with Crippen LogP contribution < -0.4 is 5.32 Å². The lowest BCUT2D eigenvalue weighted by molar-refractivity contribution is -0.173. The molecule has 1 aromatic heterocycles. The van der Waals surface area contributed by atoms with Gasteiger partial charge in [-0.1, -0.05) is 6.92 Å². The smallest absolute Gasteiger partial charge is 0.367 e. The van der Waals surface area contributed by atoms with Crippen molar-refractivity contribution in [2.24, 2.45) is 0 Å². The first-order valence-electron chi connectivity index (χ1n) is 9.91. The van der Waals surface area contributed by atoms with Gasteiger partial charge in [0.25, 0.3) is 10.2 Å². The van der Waals surface area contributed by atoms with E-state index in [4.69, 9.17) is 0 Å². The van der Waals surface area contributed by atoms with E-state index in [0.29, 0.717) is 50.4 Å². The summed E-state index contributed by atoms with van der Waals surface area (Å²) in [6.07, 6.45) is -0.978. The van der Waals surface area contributed by atoms with E-state index in [1.54, 1.807) is 6.07 Å². The monoisotopic (exact) mass is 421 g/mol. The van der Waals surface area contributed by atoms with Crippen LogP contribution in [0.3, 0.4) is 0 Å². The number of halogens is 3. The van der Waals surface area contributed by atoms with Crippen molar-refractivity contribution >= 4 is 16.0 Å². The Hall–Kier alpha value is -1.33. The van der Waals surface area contributed by atoms with Crippen LogP contribution >= 0.6 is 0 Å². The molecule has 7 nitrogen and oxygen atoms in total. The second-order valence-electron chi connectivity index (χ2n) is 7.82. The van der Waals surface area contributed by atoms with Crippen molar-refractivity contribution in [2.45, 2.75) is 69.8 Å². The van der Waals surface area contributed by atoms with Crippen LogP contribution in [-0.4, -0.2) is 58.7 Å². The first-order valence-corrected chi connectivity index (χ1v) is 11.3. The minimum atomic E-state index is -4.40. The molecule has 0 bridgehead atoms. The van der Waals surface area contributed by atoms with Crippen molar-refractivity contribution in [3.05, 3.63) is 11.8 Å². The van der Waals surface area contributed by atoms with Gasteiger partial charge in [0.1, 0.15) is 5.82 Å². The zero-order chi connectivity index (χ0) is 20.1. The molecule has 0 unspecified atom stereocenters. The van der Waals surface area contributed by atoms with Crippen LogP contribution in [0, 0.1) is 0 Å². The molecule has 3 atom stereocenters. The fraction of sp³-hybridized carbons (Fsp3) is 0.824. The predicted octanol–water partition coefficient (Wildman–Crippen LogP) is 3.06. The molecule has 158 valence electrons. The molecule has 0 aliphatic carbocycles. The van der Waals surface area contributed by atoms with Crippen molar-refractivity contribution in [3.8, 4) is 0 Å². The number of nitrogens with zero attached hydrogens (tertiary/aromatic N) is 4. The van der Waals surface area contributed by atoms with Crippen LogP contribution in [0.1, 0.15) is 63.2 Å². The van der Waals surface area contributed by atoms with Crippen LogP contribution in [0.15, 0.2) is 6.07 Å². The quantitative estimate of drug-likeness (QED) is 0.811. The standard InChI is InChI=1S/C17H26F3N5O2S/c1-2-12-10-15(17(18,19)20)25-16(21-12)11-13(22-25)14-6-5-9-24(14)28(26,27)23-7-3-4-8-23/h11-12,14-15,21H,2-10H2,1H3/t12-,14-,15+/m1/s1. The normalized spacial score (nSPS) is 29.8. The van der Waals surface area contributed by atoms with Crippen LogP contribution in [0.5, 0.6) is 0 Å². The van der Waals surface area contributed by atoms with E-state index in [9.17, 15) is 21.6 Å². The molecule has 28 heavy (non-hydrogen) atoms. The largest absolute Gasteiger partial charge is 0.410 e. The number of nitrogens with one attached hydrogen (secondary N) is 1. The first-order chi connectivity index (χ1) is 13.2. The molecule has 3 aliphatic heterocycles.